The second-order valence-corrected chi connectivity index (χ2v) is 1.74. The van der Waals surface area contributed by atoms with Gasteiger partial charge in [-0.15, -0.1) is 0 Å². The molecule has 0 saturated carbocycles. The van der Waals surface area contributed by atoms with Crippen LogP contribution in [-0.2, 0) is 14.8 Å². The van der Waals surface area contributed by atoms with Crippen molar-refractivity contribution in [2.75, 3.05) is 35.4 Å². The largest absolute Gasteiger partial charge is 0.312 e. The molecule has 0 N–H and O–H groups in total. The highest BCUT2D eigenvalue weighted by atomic mass is 17.5. The minimum Gasteiger partial charge on any atom is -0.312 e. The van der Waals surface area contributed by atoms with Crippen LogP contribution in [0.4, 0.5) is 0 Å². The fraction of sp³-hybridized carbons (Fsp3) is 1.00. The summed E-state index contributed by atoms with van der Waals surface area (Å²) in [7, 11) is 8.73. The molecule has 0 aromatic rings. The minimum absolute atomic E-state index is 1.36. The van der Waals surface area contributed by atoms with Crippen LogP contribution in [0.5, 0.6) is 0 Å². The minimum atomic E-state index is 1.36. The molecule has 0 fully saturated rings. The molecule has 0 rings (SSSR count). The lowest BCUT2D eigenvalue weighted by Gasteiger charge is -1.90. The summed E-state index contributed by atoms with van der Waals surface area (Å²) in [4.78, 5) is 9.94. The molecule has 0 aliphatic carbocycles. The first-order chi connectivity index (χ1) is 4.15. The van der Waals surface area contributed by atoms with Gasteiger partial charge < -0.3 is 4.90 Å². The van der Waals surface area contributed by atoms with Crippen LogP contribution < -0.4 is 0 Å². The molecule has 0 radical (unpaired) electrons. The van der Waals surface area contributed by atoms with Crippen LogP contribution in [0.2, 0.25) is 0 Å². The molecular weight excluding hydrogens is 122 g/mol. The summed E-state index contributed by atoms with van der Waals surface area (Å²) in [5.41, 5.74) is 0. The maximum atomic E-state index is 3.97. The van der Waals surface area contributed by atoms with Crippen molar-refractivity contribution >= 4 is 0 Å². The monoisotopic (exact) mass is 137 g/mol. The van der Waals surface area contributed by atoms with Gasteiger partial charge in [-0.05, 0) is 21.1 Å². The predicted octanol–water partition coefficient (Wildman–Crippen LogP) is 0.304. The Kier molecular flexibility index (Phi) is 13.9. The first-order valence-corrected chi connectivity index (χ1v) is 2.49. The molecule has 0 unspecified atom stereocenters. The van der Waals surface area contributed by atoms with Crippen LogP contribution in [0, 0.1) is 0 Å². The lowest BCUT2D eigenvalue weighted by molar-refractivity contribution is -0.491. The number of hydrogen-bond donors (Lipinski definition) is 0. The third-order valence-corrected chi connectivity index (χ3v) is 0.136. The molecule has 4 heteroatoms. The Morgan fingerprint density at radius 3 is 1.11 bits per heavy atom. The molecule has 0 bridgehead atoms. The fourth-order valence-electron chi connectivity index (χ4n) is 0.0680. The van der Waals surface area contributed by atoms with Crippen molar-refractivity contribution in [2.24, 2.45) is 0 Å². The molecule has 0 amide bonds. The van der Waals surface area contributed by atoms with Crippen molar-refractivity contribution in [3.8, 4) is 0 Å². The first-order valence-electron chi connectivity index (χ1n) is 2.49. The lowest BCUT2D eigenvalue weighted by atomic mass is 11.0. The molecule has 0 aromatic heterocycles. The van der Waals surface area contributed by atoms with Gasteiger partial charge >= 0.3 is 0 Å². The highest BCUT2D eigenvalue weighted by molar-refractivity contribution is 4.09. The Morgan fingerprint density at radius 2 is 1.11 bits per heavy atom. The van der Waals surface area contributed by atoms with E-state index in [2.05, 4.69) is 14.8 Å². The molecule has 0 aromatic carbocycles. The summed E-state index contributed by atoms with van der Waals surface area (Å²) in [5.74, 6) is 0. The SMILES string of the molecule is CN(C)C.COOOC. The van der Waals surface area contributed by atoms with Crippen LogP contribution >= 0.6 is 0 Å². The lowest BCUT2D eigenvalue weighted by Crippen LogP contribution is -1.99. The molecule has 9 heavy (non-hydrogen) atoms. The van der Waals surface area contributed by atoms with E-state index in [0.717, 1.165) is 0 Å². The third-order valence-electron chi connectivity index (χ3n) is 0.136. The van der Waals surface area contributed by atoms with Gasteiger partial charge in [0.2, 0.25) is 0 Å². The molecule has 0 heterocycles. The molecular formula is C5H15NO3. The van der Waals surface area contributed by atoms with E-state index in [0.29, 0.717) is 0 Å². The van der Waals surface area contributed by atoms with E-state index < -0.39 is 0 Å². The van der Waals surface area contributed by atoms with Crippen molar-refractivity contribution < 1.29 is 14.8 Å². The molecule has 0 aliphatic heterocycles. The highest BCUT2D eigenvalue weighted by Gasteiger charge is 1.62. The first kappa shape index (κ1) is 11.6. The number of hydrogen-bond acceptors (Lipinski definition) is 4. The zero-order valence-corrected chi connectivity index (χ0v) is 6.67. The third kappa shape index (κ3) is 79.0. The summed E-state index contributed by atoms with van der Waals surface area (Å²) >= 11 is 0. The molecule has 0 aliphatic rings. The molecule has 0 spiro atoms. The van der Waals surface area contributed by atoms with Crippen molar-refractivity contribution in [1.29, 1.82) is 0 Å². The van der Waals surface area contributed by atoms with E-state index in [9.17, 15) is 0 Å². The van der Waals surface area contributed by atoms with Gasteiger partial charge in [-0.2, -0.15) is 0 Å². The number of nitrogens with zero attached hydrogens (tertiary/aromatic N) is 1. The molecule has 0 atom stereocenters. The maximum absolute atomic E-state index is 3.97. The van der Waals surface area contributed by atoms with E-state index in [1.54, 1.807) is 0 Å². The van der Waals surface area contributed by atoms with Crippen LogP contribution in [0.1, 0.15) is 0 Å². The topological polar surface area (TPSA) is 30.9 Å². The van der Waals surface area contributed by atoms with E-state index in [4.69, 9.17) is 0 Å². The summed E-state index contributed by atoms with van der Waals surface area (Å²) < 4.78 is 0. The number of rotatable bonds is 2. The standard InChI is InChI=1S/C3H9N.C2H6O3/c1-4(2)3;1-3-5-4-2/h1-3H3;1-2H3. The Balaban J connectivity index is 0. The second-order valence-electron chi connectivity index (χ2n) is 1.74. The highest BCUT2D eigenvalue weighted by Crippen LogP contribution is 1.64. The van der Waals surface area contributed by atoms with Gasteiger partial charge in [0.25, 0.3) is 0 Å². The van der Waals surface area contributed by atoms with Gasteiger partial charge in [-0.1, -0.05) is 5.04 Å². The zero-order chi connectivity index (χ0) is 7.70. The van der Waals surface area contributed by atoms with Gasteiger partial charge in [0.05, 0.1) is 14.2 Å². The second kappa shape index (κ2) is 10.8. The average Bonchev–Trinajstić information content (AvgIpc) is 1.66. The Hall–Kier alpha value is -0.160. The molecule has 4 nitrogen and oxygen atoms in total. The summed E-state index contributed by atoms with van der Waals surface area (Å²) in [6, 6.07) is 0. The normalized spacial score (nSPS) is 8.67. The van der Waals surface area contributed by atoms with Crippen molar-refractivity contribution in [2.45, 2.75) is 0 Å². The summed E-state index contributed by atoms with van der Waals surface area (Å²) in [6.45, 7) is 0. The average molecular weight is 137 g/mol. The Labute approximate surface area is 56.2 Å². The quantitative estimate of drug-likeness (QED) is 0.404. The van der Waals surface area contributed by atoms with Crippen LogP contribution in [0.3, 0.4) is 0 Å². The van der Waals surface area contributed by atoms with Crippen LogP contribution in [0.25, 0.3) is 0 Å². The predicted molar refractivity (Wildman–Crippen MR) is 34.7 cm³/mol. The summed E-state index contributed by atoms with van der Waals surface area (Å²) in [6.07, 6.45) is 0. The van der Waals surface area contributed by atoms with Crippen molar-refractivity contribution in [3.63, 3.8) is 0 Å². The van der Waals surface area contributed by atoms with E-state index in [-0.39, 0.29) is 0 Å². The fourth-order valence-corrected chi connectivity index (χ4v) is 0.0680. The zero-order valence-electron chi connectivity index (χ0n) is 6.67. The van der Waals surface area contributed by atoms with Gasteiger partial charge in [0.15, 0.2) is 0 Å². The Bertz CT molecular complexity index is 36.4. The molecule has 58 valence electrons. The van der Waals surface area contributed by atoms with Gasteiger partial charge in [-0.25, -0.2) is 9.78 Å². The van der Waals surface area contributed by atoms with Gasteiger partial charge in [0.1, 0.15) is 0 Å². The van der Waals surface area contributed by atoms with E-state index >= 15 is 0 Å². The van der Waals surface area contributed by atoms with E-state index in [1.807, 2.05) is 26.0 Å². The maximum Gasteiger partial charge on any atom is 0.0744 e. The van der Waals surface area contributed by atoms with Crippen LogP contribution in [-0.4, -0.2) is 40.3 Å². The van der Waals surface area contributed by atoms with E-state index in [1.165, 1.54) is 14.2 Å². The summed E-state index contributed by atoms with van der Waals surface area (Å²) in [5, 5.41) is 3.83. The van der Waals surface area contributed by atoms with Gasteiger partial charge in [0, 0.05) is 0 Å². The smallest absolute Gasteiger partial charge is 0.0744 e. The van der Waals surface area contributed by atoms with Crippen LogP contribution in [0.15, 0.2) is 0 Å². The molecule has 0 saturated heterocycles. The van der Waals surface area contributed by atoms with Gasteiger partial charge in [-0.3, -0.25) is 0 Å². The Morgan fingerprint density at radius 1 is 0.889 bits per heavy atom. The van der Waals surface area contributed by atoms with Crippen molar-refractivity contribution in [3.05, 3.63) is 0 Å². The van der Waals surface area contributed by atoms with Crippen molar-refractivity contribution in [1.82, 2.24) is 4.90 Å².